The number of aromatic nitrogens is 3. The lowest BCUT2D eigenvalue weighted by atomic mass is 10.2. The summed E-state index contributed by atoms with van der Waals surface area (Å²) in [5.41, 5.74) is 0.298. The van der Waals surface area contributed by atoms with E-state index in [9.17, 15) is 10.1 Å². The van der Waals surface area contributed by atoms with Crippen LogP contribution in [0.2, 0.25) is 0 Å². The highest BCUT2D eigenvalue weighted by molar-refractivity contribution is 7.71. The number of ether oxygens (including phenoxy) is 3. The zero-order valence-electron chi connectivity index (χ0n) is 16.3. The molecule has 11 heteroatoms. The van der Waals surface area contributed by atoms with Crippen LogP contribution < -0.4 is 9.47 Å². The maximum atomic E-state index is 11.6. The highest BCUT2D eigenvalue weighted by atomic mass is 32.1. The number of H-pyrrole nitrogens is 1. The van der Waals surface area contributed by atoms with Gasteiger partial charge in [-0.15, -0.1) is 0 Å². The lowest BCUT2D eigenvalue weighted by molar-refractivity contribution is -0.386. The lowest BCUT2D eigenvalue weighted by Gasteiger charge is -2.12. The van der Waals surface area contributed by atoms with Crippen molar-refractivity contribution in [1.82, 2.24) is 14.9 Å². The standard InChI is InChI=1S/C18H23N5O5S/c1-3-7-28-16-13(23(24)25)9-12(10-15(16)26-4-2)11-19-22-17(20-21-18(22)29)14-6-5-8-27-14/h9-11,14H,3-8H2,1-2H3,(H,21,29)/b19-11-. The summed E-state index contributed by atoms with van der Waals surface area (Å²) in [7, 11) is 0. The zero-order valence-corrected chi connectivity index (χ0v) is 17.1. The number of hydrogen-bond donors (Lipinski definition) is 1. The first kappa shape index (κ1) is 20.9. The van der Waals surface area contributed by atoms with Gasteiger partial charge in [0.25, 0.3) is 0 Å². The van der Waals surface area contributed by atoms with Crippen molar-refractivity contribution in [2.75, 3.05) is 19.8 Å². The van der Waals surface area contributed by atoms with Crippen LogP contribution in [0, 0.1) is 14.9 Å². The summed E-state index contributed by atoms with van der Waals surface area (Å²) in [4.78, 5) is 11.1. The molecule has 1 aliphatic heterocycles. The molecule has 10 nitrogen and oxygen atoms in total. The van der Waals surface area contributed by atoms with E-state index in [1.165, 1.54) is 17.0 Å². The summed E-state index contributed by atoms with van der Waals surface area (Å²) >= 11 is 5.25. The number of benzene rings is 1. The molecule has 1 saturated heterocycles. The number of nitrogens with one attached hydrogen (secondary N) is 1. The number of nitrogens with zero attached hydrogens (tertiary/aromatic N) is 4. The first-order valence-corrected chi connectivity index (χ1v) is 9.87. The zero-order chi connectivity index (χ0) is 20.8. The van der Waals surface area contributed by atoms with E-state index in [0.29, 0.717) is 41.7 Å². The highest BCUT2D eigenvalue weighted by Gasteiger charge is 2.24. The second-order valence-electron chi connectivity index (χ2n) is 6.35. The smallest absolute Gasteiger partial charge is 0.315 e. The summed E-state index contributed by atoms with van der Waals surface area (Å²) in [6, 6.07) is 3.05. The van der Waals surface area contributed by atoms with Crippen LogP contribution in [0.3, 0.4) is 0 Å². The second kappa shape index (κ2) is 9.61. The predicted octanol–water partition coefficient (Wildman–Crippen LogP) is 3.77. The fourth-order valence-electron chi connectivity index (χ4n) is 2.96. The molecule has 0 spiro atoms. The van der Waals surface area contributed by atoms with E-state index in [-0.39, 0.29) is 17.5 Å². The molecule has 3 rings (SSSR count). The Morgan fingerprint density at radius 3 is 2.97 bits per heavy atom. The van der Waals surface area contributed by atoms with Crippen LogP contribution in [0.5, 0.6) is 11.5 Å². The summed E-state index contributed by atoms with van der Waals surface area (Å²) in [5, 5.41) is 22.9. The van der Waals surface area contributed by atoms with Crippen LogP contribution in [-0.2, 0) is 4.74 Å². The lowest BCUT2D eigenvalue weighted by Crippen LogP contribution is -2.06. The van der Waals surface area contributed by atoms with Crippen LogP contribution >= 0.6 is 12.2 Å². The van der Waals surface area contributed by atoms with Crippen molar-refractivity contribution < 1.29 is 19.1 Å². The number of hydrogen-bond acceptors (Lipinski definition) is 8. The Hall–Kier alpha value is -2.79. The molecule has 156 valence electrons. The molecule has 1 N–H and O–H groups in total. The number of nitro groups is 1. The Morgan fingerprint density at radius 2 is 2.31 bits per heavy atom. The quantitative estimate of drug-likeness (QED) is 0.283. The van der Waals surface area contributed by atoms with Gasteiger partial charge < -0.3 is 14.2 Å². The van der Waals surface area contributed by atoms with Crippen LogP contribution in [0.25, 0.3) is 0 Å². The molecule has 1 atom stereocenters. The summed E-state index contributed by atoms with van der Waals surface area (Å²) in [6.45, 7) is 5.08. The van der Waals surface area contributed by atoms with Crippen molar-refractivity contribution in [3.8, 4) is 11.5 Å². The molecule has 1 aliphatic rings. The molecule has 2 aromatic rings. The van der Waals surface area contributed by atoms with Crippen LogP contribution in [0.15, 0.2) is 17.2 Å². The molecule has 29 heavy (non-hydrogen) atoms. The maximum absolute atomic E-state index is 11.6. The van der Waals surface area contributed by atoms with E-state index in [1.54, 1.807) is 13.0 Å². The highest BCUT2D eigenvalue weighted by Crippen LogP contribution is 2.38. The largest absolute Gasteiger partial charge is 0.490 e. The average Bonchev–Trinajstić information content (AvgIpc) is 3.35. The minimum atomic E-state index is -0.494. The van der Waals surface area contributed by atoms with Gasteiger partial charge in [0.15, 0.2) is 11.6 Å². The van der Waals surface area contributed by atoms with Gasteiger partial charge in [-0.25, -0.2) is 0 Å². The Balaban J connectivity index is 1.98. The third-order valence-electron chi connectivity index (χ3n) is 4.22. The van der Waals surface area contributed by atoms with E-state index in [1.807, 2.05) is 6.92 Å². The Morgan fingerprint density at radius 1 is 1.48 bits per heavy atom. The Kier molecular flexibility index (Phi) is 6.94. The fraction of sp³-hybridized carbons (Fsp3) is 0.500. The third kappa shape index (κ3) is 4.80. The summed E-state index contributed by atoms with van der Waals surface area (Å²) in [5.74, 6) is 0.994. The molecule has 1 unspecified atom stereocenters. The Labute approximate surface area is 172 Å². The minimum absolute atomic E-state index is 0.121. The monoisotopic (exact) mass is 421 g/mol. The van der Waals surface area contributed by atoms with Gasteiger partial charge in [0, 0.05) is 18.2 Å². The molecule has 1 aromatic heterocycles. The van der Waals surface area contributed by atoms with Crippen molar-refractivity contribution in [1.29, 1.82) is 0 Å². The number of aromatic amines is 1. The van der Waals surface area contributed by atoms with Crippen molar-refractivity contribution in [3.63, 3.8) is 0 Å². The van der Waals surface area contributed by atoms with Crippen LogP contribution in [-0.4, -0.2) is 45.8 Å². The van der Waals surface area contributed by atoms with Gasteiger partial charge in [0.1, 0.15) is 6.10 Å². The molecule has 0 radical (unpaired) electrons. The van der Waals surface area contributed by atoms with Crippen LogP contribution in [0.4, 0.5) is 5.69 Å². The van der Waals surface area contributed by atoms with Crippen molar-refractivity contribution in [2.45, 2.75) is 39.2 Å². The van der Waals surface area contributed by atoms with E-state index in [0.717, 1.165) is 19.3 Å². The van der Waals surface area contributed by atoms with Gasteiger partial charge in [0.05, 0.1) is 24.4 Å². The first-order chi connectivity index (χ1) is 14.0. The third-order valence-corrected chi connectivity index (χ3v) is 4.48. The molecule has 0 saturated carbocycles. The summed E-state index contributed by atoms with van der Waals surface area (Å²) in [6.07, 6.45) is 3.79. The average molecular weight is 421 g/mol. The maximum Gasteiger partial charge on any atom is 0.315 e. The fourth-order valence-corrected chi connectivity index (χ4v) is 3.15. The van der Waals surface area contributed by atoms with Gasteiger partial charge in [0.2, 0.25) is 10.5 Å². The molecule has 0 amide bonds. The van der Waals surface area contributed by atoms with Gasteiger partial charge in [-0.05, 0) is 44.5 Å². The summed E-state index contributed by atoms with van der Waals surface area (Å²) < 4.78 is 18.6. The van der Waals surface area contributed by atoms with Crippen molar-refractivity contribution in [2.24, 2.45) is 5.10 Å². The van der Waals surface area contributed by atoms with E-state index in [4.69, 9.17) is 26.4 Å². The molecular formula is C18H23N5O5S. The predicted molar refractivity (Wildman–Crippen MR) is 108 cm³/mol. The number of nitro benzene ring substituents is 1. The number of rotatable bonds is 9. The van der Waals surface area contributed by atoms with Gasteiger partial charge in [-0.1, -0.05) is 6.92 Å². The van der Waals surface area contributed by atoms with E-state index >= 15 is 0 Å². The topological polar surface area (TPSA) is 117 Å². The van der Waals surface area contributed by atoms with Gasteiger partial charge in [-0.2, -0.15) is 14.9 Å². The van der Waals surface area contributed by atoms with Crippen molar-refractivity contribution >= 4 is 24.1 Å². The van der Waals surface area contributed by atoms with E-state index < -0.39 is 4.92 Å². The molecular weight excluding hydrogens is 398 g/mol. The van der Waals surface area contributed by atoms with Gasteiger partial charge in [-0.3, -0.25) is 15.2 Å². The SMILES string of the molecule is CCCOc1c(OCC)cc(/C=N\n2c(C3CCCO3)n[nH]c2=S)cc1[N+](=O)[O-]. The van der Waals surface area contributed by atoms with Crippen molar-refractivity contribution in [3.05, 3.63) is 38.4 Å². The van der Waals surface area contributed by atoms with Gasteiger partial charge >= 0.3 is 5.69 Å². The molecule has 0 aliphatic carbocycles. The molecule has 0 bridgehead atoms. The minimum Gasteiger partial charge on any atom is -0.490 e. The normalized spacial score (nSPS) is 16.4. The van der Waals surface area contributed by atoms with Crippen LogP contribution in [0.1, 0.15) is 50.6 Å². The Bertz CT molecular complexity index is 949. The second-order valence-corrected chi connectivity index (χ2v) is 6.74. The molecule has 2 heterocycles. The molecule has 1 fully saturated rings. The first-order valence-electron chi connectivity index (χ1n) is 9.46. The van der Waals surface area contributed by atoms with E-state index in [2.05, 4.69) is 15.3 Å². The molecule has 1 aromatic carbocycles.